The van der Waals surface area contributed by atoms with Gasteiger partial charge < -0.3 is 21.1 Å². The molecule has 0 aliphatic rings. The Balaban J connectivity index is 0.00000400. The predicted molar refractivity (Wildman–Crippen MR) is 95.5 cm³/mol. The van der Waals surface area contributed by atoms with E-state index < -0.39 is 0 Å². The molecular formula is C14H23IN4O2. The molecule has 0 radical (unpaired) electrons. The van der Waals surface area contributed by atoms with Crippen LogP contribution in [0.2, 0.25) is 0 Å². The van der Waals surface area contributed by atoms with Gasteiger partial charge in [-0.25, -0.2) is 0 Å². The third-order valence-corrected chi connectivity index (χ3v) is 2.55. The number of hydrogen-bond donors (Lipinski definition) is 3. The van der Waals surface area contributed by atoms with Crippen LogP contribution in [0, 0.1) is 0 Å². The molecule has 0 fully saturated rings. The summed E-state index contributed by atoms with van der Waals surface area (Å²) in [7, 11) is 1.57. The third kappa shape index (κ3) is 7.74. The maximum atomic E-state index is 11.9. The van der Waals surface area contributed by atoms with Crippen molar-refractivity contribution in [1.29, 1.82) is 0 Å². The van der Waals surface area contributed by atoms with Crippen LogP contribution in [0.4, 0.5) is 0 Å². The van der Waals surface area contributed by atoms with Crippen LogP contribution in [0.1, 0.15) is 23.7 Å². The first-order chi connectivity index (χ1) is 9.67. The normalized spacial score (nSPS) is 10.5. The number of ether oxygens (including phenoxy) is 1. The van der Waals surface area contributed by atoms with Crippen LogP contribution in [-0.2, 0) is 0 Å². The van der Waals surface area contributed by atoms with Crippen molar-refractivity contribution in [2.24, 2.45) is 10.7 Å². The van der Waals surface area contributed by atoms with Gasteiger partial charge in [0.1, 0.15) is 5.75 Å². The van der Waals surface area contributed by atoms with E-state index in [1.807, 2.05) is 6.92 Å². The number of guanidine groups is 1. The summed E-state index contributed by atoms with van der Waals surface area (Å²) >= 11 is 0. The summed E-state index contributed by atoms with van der Waals surface area (Å²) in [6.07, 6.45) is 0.953. The number of hydrogen-bond acceptors (Lipinski definition) is 3. The number of aliphatic imine (C=N–C) groups is 1. The van der Waals surface area contributed by atoms with Gasteiger partial charge in [-0.05, 0) is 24.6 Å². The van der Waals surface area contributed by atoms with Gasteiger partial charge in [0.05, 0.1) is 7.11 Å². The maximum absolute atomic E-state index is 11.9. The Morgan fingerprint density at radius 3 is 2.71 bits per heavy atom. The van der Waals surface area contributed by atoms with Gasteiger partial charge in [-0.15, -0.1) is 24.0 Å². The van der Waals surface area contributed by atoms with E-state index in [0.29, 0.717) is 36.9 Å². The number of carbonyl (C=O) groups is 1. The minimum absolute atomic E-state index is 0. The molecule has 0 unspecified atom stereocenters. The molecule has 0 bridgehead atoms. The topological polar surface area (TPSA) is 88.7 Å². The molecule has 1 aromatic carbocycles. The highest BCUT2D eigenvalue weighted by Gasteiger charge is 2.05. The molecule has 118 valence electrons. The SMILES string of the molecule is CCCN=C(N)NCCNC(=O)c1cccc(OC)c1.I. The van der Waals surface area contributed by atoms with Crippen LogP contribution in [0.25, 0.3) is 0 Å². The number of nitrogens with two attached hydrogens (primary N) is 1. The van der Waals surface area contributed by atoms with Gasteiger partial charge >= 0.3 is 0 Å². The van der Waals surface area contributed by atoms with E-state index >= 15 is 0 Å². The molecule has 6 nitrogen and oxygen atoms in total. The lowest BCUT2D eigenvalue weighted by Gasteiger charge is -2.08. The fourth-order valence-corrected chi connectivity index (χ4v) is 1.52. The van der Waals surface area contributed by atoms with Gasteiger partial charge in [-0.2, -0.15) is 0 Å². The van der Waals surface area contributed by atoms with Crippen molar-refractivity contribution in [2.75, 3.05) is 26.7 Å². The molecule has 1 amide bonds. The Labute approximate surface area is 142 Å². The van der Waals surface area contributed by atoms with Crippen LogP contribution >= 0.6 is 24.0 Å². The largest absolute Gasteiger partial charge is 0.497 e. The lowest BCUT2D eigenvalue weighted by Crippen LogP contribution is -2.38. The van der Waals surface area contributed by atoms with Crippen LogP contribution in [0.3, 0.4) is 0 Å². The Kier molecular flexibility index (Phi) is 10.4. The van der Waals surface area contributed by atoms with Crippen LogP contribution in [-0.4, -0.2) is 38.6 Å². The molecule has 0 aromatic heterocycles. The number of halogens is 1. The van der Waals surface area contributed by atoms with Gasteiger partial charge in [0.25, 0.3) is 5.91 Å². The van der Waals surface area contributed by atoms with E-state index in [2.05, 4.69) is 15.6 Å². The first-order valence-electron chi connectivity index (χ1n) is 6.63. The average molecular weight is 406 g/mol. The van der Waals surface area contributed by atoms with Crippen molar-refractivity contribution in [3.8, 4) is 5.75 Å². The van der Waals surface area contributed by atoms with Crippen molar-refractivity contribution < 1.29 is 9.53 Å². The highest BCUT2D eigenvalue weighted by atomic mass is 127. The lowest BCUT2D eigenvalue weighted by molar-refractivity contribution is 0.0954. The summed E-state index contributed by atoms with van der Waals surface area (Å²) in [4.78, 5) is 16.0. The molecule has 0 heterocycles. The second-order valence-corrected chi connectivity index (χ2v) is 4.18. The second-order valence-electron chi connectivity index (χ2n) is 4.18. The van der Waals surface area contributed by atoms with Gasteiger partial charge in [0.2, 0.25) is 0 Å². The summed E-state index contributed by atoms with van der Waals surface area (Å²) in [6, 6.07) is 7.01. The first kappa shape index (κ1) is 19.5. The Hall–Kier alpha value is -1.51. The quantitative estimate of drug-likeness (QED) is 0.276. The fourth-order valence-electron chi connectivity index (χ4n) is 1.52. The van der Waals surface area contributed by atoms with Crippen LogP contribution in [0.15, 0.2) is 29.3 Å². The number of carbonyl (C=O) groups excluding carboxylic acids is 1. The summed E-state index contributed by atoms with van der Waals surface area (Å²) in [5.41, 5.74) is 6.20. The zero-order valence-corrected chi connectivity index (χ0v) is 14.7. The van der Waals surface area contributed by atoms with E-state index in [4.69, 9.17) is 10.5 Å². The van der Waals surface area contributed by atoms with Gasteiger partial charge in [-0.3, -0.25) is 9.79 Å². The van der Waals surface area contributed by atoms with E-state index in [-0.39, 0.29) is 29.9 Å². The minimum Gasteiger partial charge on any atom is -0.497 e. The maximum Gasteiger partial charge on any atom is 0.251 e. The second kappa shape index (κ2) is 11.2. The average Bonchev–Trinajstić information content (AvgIpc) is 2.49. The van der Waals surface area contributed by atoms with Crippen molar-refractivity contribution in [1.82, 2.24) is 10.6 Å². The summed E-state index contributed by atoms with van der Waals surface area (Å²) < 4.78 is 5.08. The van der Waals surface area contributed by atoms with E-state index in [0.717, 1.165) is 6.42 Å². The molecule has 1 aromatic rings. The van der Waals surface area contributed by atoms with Crippen LogP contribution in [0.5, 0.6) is 5.75 Å². The number of nitrogens with zero attached hydrogens (tertiary/aromatic N) is 1. The molecule has 0 saturated heterocycles. The monoisotopic (exact) mass is 406 g/mol. The zero-order valence-electron chi connectivity index (χ0n) is 12.4. The van der Waals surface area contributed by atoms with Crippen molar-refractivity contribution in [2.45, 2.75) is 13.3 Å². The fraction of sp³-hybridized carbons (Fsp3) is 0.429. The predicted octanol–water partition coefficient (Wildman–Crippen LogP) is 1.36. The molecule has 0 atom stereocenters. The Morgan fingerprint density at radius 1 is 1.33 bits per heavy atom. The smallest absolute Gasteiger partial charge is 0.251 e. The van der Waals surface area contributed by atoms with Crippen molar-refractivity contribution >= 4 is 35.8 Å². The van der Waals surface area contributed by atoms with Gasteiger partial charge in [-0.1, -0.05) is 13.0 Å². The summed E-state index contributed by atoms with van der Waals surface area (Å²) in [5, 5.41) is 5.73. The highest BCUT2D eigenvalue weighted by molar-refractivity contribution is 14.0. The molecule has 21 heavy (non-hydrogen) atoms. The lowest BCUT2D eigenvalue weighted by atomic mass is 10.2. The molecule has 7 heteroatoms. The molecule has 0 aliphatic heterocycles. The number of benzene rings is 1. The number of methoxy groups -OCH3 is 1. The Morgan fingerprint density at radius 2 is 2.05 bits per heavy atom. The first-order valence-corrected chi connectivity index (χ1v) is 6.63. The summed E-state index contributed by atoms with van der Waals surface area (Å²) in [5.74, 6) is 0.920. The minimum atomic E-state index is -0.144. The number of amides is 1. The van der Waals surface area contributed by atoms with Crippen molar-refractivity contribution in [3.63, 3.8) is 0 Å². The molecule has 0 saturated carbocycles. The molecule has 0 spiro atoms. The zero-order chi connectivity index (χ0) is 14.8. The van der Waals surface area contributed by atoms with Gasteiger partial charge in [0.15, 0.2) is 5.96 Å². The standard InChI is InChI=1S/C14H22N4O2.HI/c1-3-7-17-14(15)18-9-8-16-13(19)11-5-4-6-12(10-11)20-2;/h4-6,10H,3,7-9H2,1-2H3,(H,16,19)(H3,15,17,18);1H. The molecule has 1 rings (SSSR count). The highest BCUT2D eigenvalue weighted by Crippen LogP contribution is 2.11. The molecule has 4 N–H and O–H groups in total. The van der Waals surface area contributed by atoms with Crippen molar-refractivity contribution in [3.05, 3.63) is 29.8 Å². The molecule has 0 aliphatic carbocycles. The van der Waals surface area contributed by atoms with E-state index in [1.165, 1.54) is 0 Å². The number of nitrogens with one attached hydrogen (secondary N) is 2. The van der Waals surface area contributed by atoms with Crippen LogP contribution < -0.4 is 21.1 Å². The van der Waals surface area contributed by atoms with E-state index in [9.17, 15) is 4.79 Å². The van der Waals surface area contributed by atoms with E-state index in [1.54, 1.807) is 31.4 Å². The summed E-state index contributed by atoms with van der Waals surface area (Å²) in [6.45, 7) is 3.74. The number of rotatable bonds is 7. The third-order valence-electron chi connectivity index (χ3n) is 2.55. The van der Waals surface area contributed by atoms with Gasteiger partial charge in [0, 0.05) is 25.2 Å². The Bertz CT molecular complexity index is 466. The molecular weight excluding hydrogens is 383 g/mol.